The van der Waals surface area contributed by atoms with Crippen LogP contribution in [-0.4, -0.2) is 34.7 Å². The number of benzene rings is 1. The maximum atomic E-state index is 13.2. The first-order valence-corrected chi connectivity index (χ1v) is 8.35. The zero-order valence-corrected chi connectivity index (χ0v) is 14.2. The van der Waals surface area contributed by atoms with Gasteiger partial charge in [0.2, 0.25) is 0 Å². The van der Waals surface area contributed by atoms with Gasteiger partial charge in [-0.25, -0.2) is 4.39 Å². The van der Waals surface area contributed by atoms with Crippen molar-refractivity contribution in [3.8, 4) is 0 Å². The molecule has 0 aliphatic carbocycles. The predicted octanol–water partition coefficient (Wildman–Crippen LogP) is 1.92. The van der Waals surface area contributed by atoms with Gasteiger partial charge in [0.25, 0.3) is 11.5 Å². The lowest BCUT2D eigenvalue weighted by Gasteiger charge is -2.20. The van der Waals surface area contributed by atoms with Crippen LogP contribution in [0.25, 0.3) is 10.9 Å². The number of aromatic nitrogens is 2. The maximum absolute atomic E-state index is 13.2. The maximum Gasteiger partial charge on any atom is 0.274 e. The summed E-state index contributed by atoms with van der Waals surface area (Å²) in [5.41, 5.74) is 1.56. The van der Waals surface area contributed by atoms with Gasteiger partial charge in [-0.3, -0.25) is 9.59 Å². The Morgan fingerprint density at radius 3 is 2.81 bits per heavy atom. The van der Waals surface area contributed by atoms with E-state index in [4.69, 9.17) is 4.74 Å². The van der Waals surface area contributed by atoms with Gasteiger partial charge in [-0.2, -0.15) is 0 Å². The average molecular weight is 355 g/mol. The summed E-state index contributed by atoms with van der Waals surface area (Å²) in [6.07, 6.45) is 3.18. The van der Waals surface area contributed by atoms with Crippen molar-refractivity contribution in [2.24, 2.45) is 7.05 Å². The number of aromatic amines is 1. The molecule has 0 radical (unpaired) electrons. The Morgan fingerprint density at radius 2 is 2.04 bits per heavy atom. The Kier molecular flexibility index (Phi) is 4.08. The summed E-state index contributed by atoms with van der Waals surface area (Å²) in [7, 11) is 1.61. The molecule has 3 aromatic rings. The van der Waals surface area contributed by atoms with E-state index in [0.717, 1.165) is 5.56 Å². The fraction of sp³-hybridized carbons (Fsp3) is 0.263. The van der Waals surface area contributed by atoms with E-state index in [2.05, 4.69) is 10.3 Å². The molecule has 134 valence electrons. The lowest BCUT2D eigenvalue weighted by molar-refractivity contribution is 0.0929. The molecule has 1 fully saturated rings. The van der Waals surface area contributed by atoms with Crippen LogP contribution in [0.1, 0.15) is 21.8 Å². The summed E-state index contributed by atoms with van der Waals surface area (Å²) in [6.45, 7) is 0.846. The fourth-order valence-electron chi connectivity index (χ4n) is 3.43. The second-order valence-corrected chi connectivity index (χ2v) is 6.50. The summed E-state index contributed by atoms with van der Waals surface area (Å²) in [6, 6.07) is 7.73. The van der Waals surface area contributed by atoms with Crippen LogP contribution in [-0.2, 0) is 11.8 Å². The fourth-order valence-corrected chi connectivity index (χ4v) is 3.43. The van der Waals surface area contributed by atoms with E-state index in [-0.39, 0.29) is 29.2 Å². The van der Waals surface area contributed by atoms with E-state index in [1.165, 1.54) is 22.9 Å². The number of carbonyl (C=O) groups is 1. The van der Waals surface area contributed by atoms with Crippen LogP contribution < -0.4 is 10.9 Å². The Hall–Kier alpha value is -2.93. The van der Waals surface area contributed by atoms with Gasteiger partial charge in [0.15, 0.2) is 0 Å². The van der Waals surface area contributed by atoms with Gasteiger partial charge in [-0.1, -0.05) is 12.1 Å². The summed E-state index contributed by atoms with van der Waals surface area (Å²) >= 11 is 0. The summed E-state index contributed by atoms with van der Waals surface area (Å²) in [4.78, 5) is 27.9. The van der Waals surface area contributed by atoms with E-state index in [0.29, 0.717) is 29.7 Å². The molecule has 1 saturated heterocycles. The number of halogens is 1. The Balaban J connectivity index is 1.62. The molecule has 2 unspecified atom stereocenters. The van der Waals surface area contributed by atoms with Gasteiger partial charge < -0.3 is 19.6 Å². The number of carbonyl (C=O) groups excluding carboxylic acids is 1. The highest BCUT2D eigenvalue weighted by Gasteiger charge is 2.31. The summed E-state index contributed by atoms with van der Waals surface area (Å²) in [5.74, 6) is -0.616. The van der Waals surface area contributed by atoms with E-state index in [9.17, 15) is 14.0 Å². The van der Waals surface area contributed by atoms with Crippen LogP contribution in [0.2, 0.25) is 0 Å². The Labute approximate surface area is 148 Å². The van der Waals surface area contributed by atoms with Crippen molar-refractivity contribution in [1.29, 1.82) is 0 Å². The van der Waals surface area contributed by atoms with Crippen molar-refractivity contribution < 1.29 is 13.9 Å². The lowest BCUT2D eigenvalue weighted by atomic mass is 9.94. The first-order chi connectivity index (χ1) is 12.5. The highest BCUT2D eigenvalue weighted by atomic mass is 19.1. The van der Waals surface area contributed by atoms with Crippen LogP contribution >= 0.6 is 0 Å². The number of ether oxygens (including phenoxy) is 1. The second-order valence-electron chi connectivity index (χ2n) is 6.50. The molecule has 26 heavy (non-hydrogen) atoms. The number of fused-ring (bicyclic) bond motifs is 1. The molecule has 2 atom stereocenters. The van der Waals surface area contributed by atoms with Gasteiger partial charge >= 0.3 is 0 Å². The van der Waals surface area contributed by atoms with Crippen molar-refractivity contribution in [3.63, 3.8) is 0 Å². The van der Waals surface area contributed by atoms with Crippen LogP contribution in [0.3, 0.4) is 0 Å². The SMILES string of the molecule is Cn1cc(C(=O)NC2COCC2c2ccc(F)cc2)c2cc[nH]c2c1=O. The van der Waals surface area contributed by atoms with E-state index in [1.807, 2.05) is 0 Å². The third kappa shape index (κ3) is 2.80. The minimum Gasteiger partial charge on any atom is -0.379 e. The van der Waals surface area contributed by atoms with Crippen molar-refractivity contribution >= 4 is 16.8 Å². The molecule has 0 saturated carbocycles. The molecular weight excluding hydrogens is 337 g/mol. The summed E-state index contributed by atoms with van der Waals surface area (Å²) in [5, 5.41) is 3.59. The molecule has 0 bridgehead atoms. The molecule has 0 spiro atoms. The van der Waals surface area contributed by atoms with E-state index >= 15 is 0 Å². The molecule has 4 rings (SSSR count). The monoisotopic (exact) mass is 355 g/mol. The van der Waals surface area contributed by atoms with Crippen LogP contribution in [0.5, 0.6) is 0 Å². The first kappa shape index (κ1) is 16.5. The molecule has 1 aliphatic rings. The number of amides is 1. The predicted molar refractivity (Wildman–Crippen MR) is 94.8 cm³/mol. The Bertz CT molecular complexity index is 1020. The standard InChI is InChI=1S/C19H18FN3O3/c1-23-8-14(13-6-7-21-17(13)19(23)25)18(24)22-16-10-26-9-15(16)11-2-4-12(20)5-3-11/h2-8,15-16,21H,9-10H2,1H3,(H,22,24). The first-order valence-electron chi connectivity index (χ1n) is 8.35. The van der Waals surface area contributed by atoms with Gasteiger partial charge in [-0.05, 0) is 23.8 Å². The molecule has 3 heterocycles. The normalized spacial score (nSPS) is 19.8. The van der Waals surface area contributed by atoms with Crippen molar-refractivity contribution in [2.75, 3.05) is 13.2 Å². The van der Waals surface area contributed by atoms with Crippen LogP contribution in [0.4, 0.5) is 4.39 Å². The highest BCUT2D eigenvalue weighted by molar-refractivity contribution is 6.06. The van der Waals surface area contributed by atoms with Gasteiger partial charge in [0.1, 0.15) is 11.3 Å². The molecule has 1 aliphatic heterocycles. The number of pyridine rings is 1. The van der Waals surface area contributed by atoms with Gasteiger partial charge in [-0.15, -0.1) is 0 Å². The highest BCUT2D eigenvalue weighted by Crippen LogP contribution is 2.26. The number of H-pyrrole nitrogens is 1. The lowest BCUT2D eigenvalue weighted by Crippen LogP contribution is -2.39. The molecular formula is C19H18FN3O3. The smallest absolute Gasteiger partial charge is 0.274 e. The third-order valence-electron chi connectivity index (χ3n) is 4.83. The molecule has 1 aromatic carbocycles. The zero-order valence-electron chi connectivity index (χ0n) is 14.2. The van der Waals surface area contributed by atoms with Crippen LogP contribution in [0, 0.1) is 5.82 Å². The zero-order chi connectivity index (χ0) is 18.3. The second kappa shape index (κ2) is 6.42. The third-order valence-corrected chi connectivity index (χ3v) is 4.83. The van der Waals surface area contributed by atoms with Crippen molar-refractivity contribution in [3.05, 3.63) is 70.0 Å². The van der Waals surface area contributed by atoms with E-state index < -0.39 is 0 Å². The van der Waals surface area contributed by atoms with Crippen molar-refractivity contribution in [2.45, 2.75) is 12.0 Å². The molecule has 6 nitrogen and oxygen atoms in total. The minimum absolute atomic E-state index is 0.0474. The molecule has 2 N–H and O–H groups in total. The number of hydrogen-bond acceptors (Lipinski definition) is 3. The largest absolute Gasteiger partial charge is 0.379 e. The van der Waals surface area contributed by atoms with E-state index in [1.54, 1.807) is 31.4 Å². The molecule has 7 heteroatoms. The minimum atomic E-state index is -0.298. The average Bonchev–Trinajstić information content (AvgIpc) is 3.28. The number of rotatable bonds is 3. The number of nitrogens with zero attached hydrogens (tertiary/aromatic N) is 1. The van der Waals surface area contributed by atoms with Crippen molar-refractivity contribution in [1.82, 2.24) is 14.9 Å². The van der Waals surface area contributed by atoms with Gasteiger partial charge in [0.05, 0.1) is 24.8 Å². The topological polar surface area (TPSA) is 76.1 Å². The molecule has 1 amide bonds. The van der Waals surface area contributed by atoms with Crippen LogP contribution in [0.15, 0.2) is 47.5 Å². The number of aryl methyl sites for hydroxylation is 1. The number of hydrogen-bond donors (Lipinski definition) is 2. The quantitative estimate of drug-likeness (QED) is 0.754. The molecule has 2 aromatic heterocycles. The number of nitrogens with one attached hydrogen (secondary N) is 2. The summed E-state index contributed by atoms with van der Waals surface area (Å²) < 4.78 is 20.1. The van der Waals surface area contributed by atoms with Gasteiger partial charge in [0, 0.05) is 30.7 Å². The Morgan fingerprint density at radius 1 is 1.27 bits per heavy atom.